The van der Waals surface area contributed by atoms with Crippen molar-refractivity contribution in [2.45, 2.75) is 6.92 Å². The lowest BCUT2D eigenvalue weighted by molar-refractivity contribution is 0.387. The monoisotopic (exact) mass is 295 g/mol. The molecule has 0 aromatic carbocycles. The lowest BCUT2D eigenvalue weighted by Gasteiger charge is -2.33. The molecule has 1 aliphatic heterocycles. The molecule has 0 radical (unpaired) electrons. The molecule has 3 heterocycles. The minimum absolute atomic E-state index is 0.503. The molecular weight excluding hydrogens is 278 g/mol. The number of pyridine rings is 1. The smallest absolute Gasteiger partial charge is 0.211 e. The molecule has 20 heavy (non-hydrogen) atoms. The summed E-state index contributed by atoms with van der Waals surface area (Å²) in [6.45, 7) is 4.26. The molecule has 2 aromatic rings. The third kappa shape index (κ3) is 2.36. The van der Waals surface area contributed by atoms with Crippen molar-refractivity contribution in [3.63, 3.8) is 0 Å². The Kier molecular flexibility index (Phi) is 3.14. The summed E-state index contributed by atoms with van der Waals surface area (Å²) in [5.74, 6) is 0.871. The van der Waals surface area contributed by atoms with Crippen molar-refractivity contribution in [2.24, 2.45) is 0 Å². The zero-order valence-electron chi connectivity index (χ0n) is 11.5. The van der Waals surface area contributed by atoms with Crippen molar-refractivity contribution in [3.8, 4) is 0 Å². The summed E-state index contributed by atoms with van der Waals surface area (Å²) in [6.07, 6.45) is 3.02. The number of aromatic nitrogens is 3. The van der Waals surface area contributed by atoms with Crippen LogP contribution in [0.2, 0.25) is 0 Å². The molecule has 0 bridgehead atoms. The highest BCUT2D eigenvalue weighted by Crippen LogP contribution is 2.21. The summed E-state index contributed by atoms with van der Waals surface area (Å²) in [6, 6.07) is 2.00. The molecule has 108 valence electrons. The van der Waals surface area contributed by atoms with Gasteiger partial charge in [0.25, 0.3) is 0 Å². The van der Waals surface area contributed by atoms with E-state index in [1.165, 1.54) is 10.6 Å². The average Bonchev–Trinajstić information content (AvgIpc) is 2.79. The van der Waals surface area contributed by atoms with Crippen LogP contribution in [0.25, 0.3) is 10.9 Å². The van der Waals surface area contributed by atoms with E-state index in [0.29, 0.717) is 26.2 Å². The first-order valence-corrected chi connectivity index (χ1v) is 8.31. The van der Waals surface area contributed by atoms with Gasteiger partial charge in [-0.3, -0.25) is 5.10 Å². The maximum absolute atomic E-state index is 11.5. The number of anilines is 1. The number of H-pyrrole nitrogens is 1. The molecule has 8 heteroatoms. The second-order valence-electron chi connectivity index (χ2n) is 5.05. The number of hydrogen-bond acceptors (Lipinski definition) is 5. The van der Waals surface area contributed by atoms with E-state index in [2.05, 4.69) is 20.1 Å². The van der Waals surface area contributed by atoms with Gasteiger partial charge in [0.2, 0.25) is 10.0 Å². The quantitative estimate of drug-likeness (QED) is 0.864. The number of sulfonamides is 1. The zero-order chi connectivity index (χ0) is 14.3. The second-order valence-corrected chi connectivity index (χ2v) is 7.03. The van der Waals surface area contributed by atoms with Crippen molar-refractivity contribution in [3.05, 3.63) is 18.0 Å². The first kappa shape index (κ1) is 13.3. The summed E-state index contributed by atoms with van der Waals surface area (Å²) in [5, 5.41) is 8.14. The highest BCUT2D eigenvalue weighted by atomic mass is 32.2. The number of aryl methyl sites for hydroxylation is 1. The Hall–Kier alpha value is -1.67. The number of fused-ring (bicyclic) bond motifs is 1. The maximum Gasteiger partial charge on any atom is 0.211 e. The van der Waals surface area contributed by atoms with E-state index in [1.807, 2.05) is 13.0 Å². The van der Waals surface area contributed by atoms with Crippen LogP contribution in [0.5, 0.6) is 0 Å². The first-order chi connectivity index (χ1) is 9.45. The molecule has 0 unspecified atom stereocenters. The lowest BCUT2D eigenvalue weighted by Crippen LogP contribution is -2.48. The Balaban J connectivity index is 1.81. The molecule has 1 aliphatic rings. The predicted molar refractivity (Wildman–Crippen MR) is 77.3 cm³/mol. The van der Waals surface area contributed by atoms with Crippen LogP contribution in [0, 0.1) is 6.92 Å². The van der Waals surface area contributed by atoms with E-state index in [1.54, 1.807) is 6.20 Å². The Labute approximate surface area is 117 Å². The van der Waals surface area contributed by atoms with E-state index in [-0.39, 0.29) is 0 Å². The van der Waals surface area contributed by atoms with Crippen LogP contribution in [0.4, 0.5) is 5.82 Å². The number of rotatable bonds is 2. The van der Waals surface area contributed by atoms with Gasteiger partial charge < -0.3 is 4.90 Å². The number of nitrogens with one attached hydrogen (secondary N) is 1. The molecule has 2 aromatic heterocycles. The highest BCUT2D eigenvalue weighted by Gasteiger charge is 2.24. The number of piperazine rings is 1. The molecule has 0 amide bonds. The Morgan fingerprint density at radius 3 is 2.60 bits per heavy atom. The van der Waals surface area contributed by atoms with Crippen molar-refractivity contribution >= 4 is 26.7 Å². The van der Waals surface area contributed by atoms with Crippen LogP contribution in [0.15, 0.2) is 12.3 Å². The molecule has 1 saturated heterocycles. The van der Waals surface area contributed by atoms with Crippen molar-refractivity contribution in [1.29, 1.82) is 0 Å². The minimum Gasteiger partial charge on any atom is -0.354 e. The second kappa shape index (κ2) is 4.71. The summed E-state index contributed by atoms with van der Waals surface area (Å²) in [7, 11) is -3.09. The predicted octanol–water partition coefficient (Wildman–Crippen LogP) is 0.348. The Bertz CT molecular complexity index is 731. The van der Waals surface area contributed by atoms with Crippen molar-refractivity contribution in [1.82, 2.24) is 19.5 Å². The van der Waals surface area contributed by atoms with Crippen molar-refractivity contribution in [2.75, 3.05) is 37.3 Å². The van der Waals surface area contributed by atoms with Gasteiger partial charge in [0, 0.05) is 31.6 Å². The van der Waals surface area contributed by atoms with Crippen LogP contribution in [0.3, 0.4) is 0 Å². The van der Waals surface area contributed by atoms with Gasteiger partial charge in [-0.1, -0.05) is 0 Å². The Morgan fingerprint density at radius 1 is 1.25 bits per heavy atom. The molecular formula is C12H17N5O2S. The number of hydrogen-bond donors (Lipinski definition) is 1. The van der Waals surface area contributed by atoms with Crippen LogP contribution >= 0.6 is 0 Å². The fourth-order valence-electron chi connectivity index (χ4n) is 2.46. The molecule has 0 aliphatic carbocycles. The topological polar surface area (TPSA) is 82.2 Å². The summed E-state index contributed by atoms with van der Waals surface area (Å²) < 4.78 is 24.5. The SMILES string of the molecule is Cc1n[nH]c2cnc(N3CCN(S(C)(=O)=O)CC3)cc12. The van der Waals surface area contributed by atoms with E-state index < -0.39 is 10.0 Å². The average molecular weight is 295 g/mol. The fraction of sp³-hybridized carbons (Fsp3) is 0.500. The van der Waals surface area contributed by atoms with E-state index >= 15 is 0 Å². The van der Waals surface area contributed by atoms with Gasteiger partial charge in [0.1, 0.15) is 5.82 Å². The molecule has 1 N–H and O–H groups in total. The van der Waals surface area contributed by atoms with Gasteiger partial charge in [0.05, 0.1) is 23.7 Å². The van der Waals surface area contributed by atoms with Crippen LogP contribution in [-0.2, 0) is 10.0 Å². The highest BCUT2D eigenvalue weighted by molar-refractivity contribution is 7.88. The third-order valence-electron chi connectivity index (χ3n) is 3.66. The normalized spacial score (nSPS) is 17.8. The summed E-state index contributed by atoms with van der Waals surface area (Å²) in [5.41, 5.74) is 1.86. The van der Waals surface area contributed by atoms with Crippen LogP contribution in [0.1, 0.15) is 5.69 Å². The molecule has 7 nitrogen and oxygen atoms in total. The molecule has 0 saturated carbocycles. The van der Waals surface area contributed by atoms with E-state index in [9.17, 15) is 8.42 Å². The standard InChI is InChI=1S/C12H17N5O2S/c1-9-10-7-12(13-8-11(10)15-14-9)16-3-5-17(6-4-16)20(2,18)19/h7-8H,3-6H2,1-2H3,(H,14,15). The van der Waals surface area contributed by atoms with E-state index in [4.69, 9.17) is 0 Å². The molecule has 3 rings (SSSR count). The minimum atomic E-state index is -3.09. The fourth-order valence-corrected chi connectivity index (χ4v) is 3.29. The zero-order valence-corrected chi connectivity index (χ0v) is 12.3. The molecule has 0 spiro atoms. The third-order valence-corrected chi connectivity index (χ3v) is 4.96. The largest absolute Gasteiger partial charge is 0.354 e. The Morgan fingerprint density at radius 2 is 1.95 bits per heavy atom. The van der Waals surface area contributed by atoms with Gasteiger partial charge in [-0.15, -0.1) is 0 Å². The van der Waals surface area contributed by atoms with Crippen LogP contribution in [-0.4, -0.2) is 60.3 Å². The number of nitrogens with zero attached hydrogens (tertiary/aromatic N) is 4. The van der Waals surface area contributed by atoms with Gasteiger partial charge >= 0.3 is 0 Å². The van der Waals surface area contributed by atoms with Crippen molar-refractivity contribution < 1.29 is 8.42 Å². The van der Waals surface area contributed by atoms with Gasteiger partial charge in [-0.05, 0) is 13.0 Å². The van der Waals surface area contributed by atoms with Crippen LogP contribution < -0.4 is 4.90 Å². The van der Waals surface area contributed by atoms with Gasteiger partial charge in [-0.25, -0.2) is 13.4 Å². The molecule has 0 atom stereocenters. The summed E-state index contributed by atoms with van der Waals surface area (Å²) in [4.78, 5) is 6.52. The van der Waals surface area contributed by atoms with Gasteiger partial charge in [-0.2, -0.15) is 9.40 Å². The first-order valence-electron chi connectivity index (χ1n) is 6.46. The van der Waals surface area contributed by atoms with E-state index in [0.717, 1.165) is 22.4 Å². The summed E-state index contributed by atoms with van der Waals surface area (Å²) >= 11 is 0. The number of aromatic amines is 1. The maximum atomic E-state index is 11.5. The lowest BCUT2D eigenvalue weighted by atomic mass is 10.2. The van der Waals surface area contributed by atoms with Gasteiger partial charge in [0.15, 0.2) is 0 Å². The molecule has 1 fully saturated rings.